The highest BCUT2D eigenvalue weighted by molar-refractivity contribution is 5.94. The van der Waals surface area contributed by atoms with E-state index in [0.717, 1.165) is 11.6 Å². The Morgan fingerprint density at radius 2 is 1.69 bits per heavy atom. The molecule has 0 saturated carbocycles. The molecule has 5 nitrogen and oxygen atoms in total. The van der Waals surface area contributed by atoms with Gasteiger partial charge in [0.25, 0.3) is 5.91 Å². The monoisotopic (exact) mass is 455 g/mol. The summed E-state index contributed by atoms with van der Waals surface area (Å²) in [4.78, 5) is 24.2. The zero-order valence-electron chi connectivity index (χ0n) is 18.2. The number of hydrogen-bond acceptors (Lipinski definition) is 4. The van der Waals surface area contributed by atoms with E-state index in [4.69, 9.17) is 9.47 Å². The molecule has 1 amide bonds. The zero-order valence-corrected chi connectivity index (χ0v) is 18.2. The Balaban J connectivity index is 1.99. The van der Waals surface area contributed by atoms with Gasteiger partial charge < -0.3 is 14.8 Å². The van der Waals surface area contributed by atoms with Crippen molar-refractivity contribution >= 4 is 11.9 Å². The molecule has 2 aromatic rings. The molecule has 0 fully saturated rings. The topological polar surface area (TPSA) is 64.6 Å². The fourth-order valence-electron chi connectivity index (χ4n) is 2.93. The van der Waals surface area contributed by atoms with Gasteiger partial charge in [-0.1, -0.05) is 12.1 Å². The van der Waals surface area contributed by atoms with Crippen LogP contribution in [0.1, 0.15) is 49.2 Å². The molecule has 0 radical (unpaired) electrons. The van der Waals surface area contributed by atoms with E-state index >= 15 is 0 Å². The summed E-state index contributed by atoms with van der Waals surface area (Å²) in [6.45, 7) is 6.82. The lowest BCUT2D eigenvalue weighted by Crippen LogP contribution is -2.39. The Hall–Kier alpha value is -3.10. The molecule has 174 valence electrons. The number of halogens is 4. The molecule has 1 N–H and O–H groups in total. The smallest absolute Gasteiger partial charge is 0.419 e. The molecular weight excluding hydrogens is 430 g/mol. The Morgan fingerprint density at radius 1 is 1.06 bits per heavy atom. The number of carbonyl (C=O) groups excluding carboxylic acids is 2. The molecule has 0 heterocycles. The summed E-state index contributed by atoms with van der Waals surface area (Å²) >= 11 is 0. The second-order valence-corrected chi connectivity index (χ2v) is 7.75. The van der Waals surface area contributed by atoms with Crippen LogP contribution in [0.2, 0.25) is 0 Å². The fraction of sp³-hybridized carbons (Fsp3) is 0.391. The summed E-state index contributed by atoms with van der Waals surface area (Å²) in [6, 6.07) is 8.54. The van der Waals surface area contributed by atoms with Gasteiger partial charge in [-0.15, -0.1) is 0 Å². The summed E-state index contributed by atoms with van der Waals surface area (Å²) in [7, 11) is 0. The second kappa shape index (κ2) is 10.0. The molecule has 9 heteroatoms. The third-order valence-corrected chi connectivity index (χ3v) is 4.52. The molecular formula is C23H25F4NO4. The van der Waals surface area contributed by atoms with Crippen LogP contribution < -0.4 is 10.1 Å². The lowest BCUT2D eigenvalue weighted by molar-refractivity contribution is -0.158. The number of alkyl halides is 3. The van der Waals surface area contributed by atoms with Gasteiger partial charge in [-0.05, 0) is 70.0 Å². The number of esters is 1. The van der Waals surface area contributed by atoms with Crippen molar-refractivity contribution in [3.05, 3.63) is 65.0 Å². The maximum atomic E-state index is 13.4. The molecule has 2 aromatic carbocycles. The quantitative estimate of drug-likeness (QED) is 0.453. The van der Waals surface area contributed by atoms with Crippen molar-refractivity contribution in [2.75, 3.05) is 6.61 Å². The van der Waals surface area contributed by atoms with Crippen molar-refractivity contribution < 1.29 is 36.6 Å². The predicted molar refractivity (Wildman–Crippen MR) is 110 cm³/mol. The first-order valence-corrected chi connectivity index (χ1v) is 9.96. The fourth-order valence-corrected chi connectivity index (χ4v) is 2.93. The molecule has 0 aromatic heterocycles. The van der Waals surface area contributed by atoms with Gasteiger partial charge in [0, 0.05) is 11.6 Å². The Kier molecular flexibility index (Phi) is 7.87. The van der Waals surface area contributed by atoms with Gasteiger partial charge in [0.15, 0.2) is 5.60 Å². The SMILES string of the molecule is CCOC(=O)C(C)(C)Oc1ccc(CC(C)NC(=O)c2ccc(F)c(C(F)(F)F)c2)cc1. The van der Waals surface area contributed by atoms with Gasteiger partial charge in [-0.2, -0.15) is 13.2 Å². The van der Waals surface area contributed by atoms with Crippen molar-refractivity contribution in [2.45, 2.75) is 51.9 Å². The molecule has 0 aliphatic rings. The lowest BCUT2D eigenvalue weighted by Gasteiger charge is -2.24. The molecule has 0 saturated heterocycles. The maximum Gasteiger partial charge on any atom is 0.419 e. The molecule has 2 rings (SSSR count). The first kappa shape index (κ1) is 25.2. The van der Waals surface area contributed by atoms with Crippen LogP contribution in [0.3, 0.4) is 0 Å². The number of carbonyl (C=O) groups is 2. The highest BCUT2D eigenvalue weighted by Crippen LogP contribution is 2.32. The van der Waals surface area contributed by atoms with E-state index < -0.39 is 41.1 Å². The maximum absolute atomic E-state index is 13.4. The van der Waals surface area contributed by atoms with Crippen molar-refractivity contribution in [1.82, 2.24) is 5.32 Å². The van der Waals surface area contributed by atoms with E-state index in [9.17, 15) is 27.2 Å². The van der Waals surface area contributed by atoms with E-state index in [1.807, 2.05) is 0 Å². The molecule has 32 heavy (non-hydrogen) atoms. The largest absolute Gasteiger partial charge is 0.476 e. The molecule has 1 unspecified atom stereocenters. The van der Waals surface area contributed by atoms with Crippen LogP contribution in [0, 0.1) is 5.82 Å². The Labute approximate surface area is 183 Å². The standard InChI is InChI=1S/C23H25F4NO4/c1-5-31-21(30)22(3,4)32-17-9-6-15(7-10-17)12-14(2)28-20(29)16-8-11-19(24)18(13-16)23(25,26)27/h6-11,13-14H,5,12H2,1-4H3,(H,28,29). The van der Waals surface area contributed by atoms with Gasteiger partial charge in [0.1, 0.15) is 11.6 Å². The number of ether oxygens (including phenoxy) is 2. The summed E-state index contributed by atoms with van der Waals surface area (Å²) in [5.41, 5.74) is -2.10. The summed E-state index contributed by atoms with van der Waals surface area (Å²) in [5, 5.41) is 2.60. The van der Waals surface area contributed by atoms with Crippen molar-refractivity contribution in [3.63, 3.8) is 0 Å². The molecule has 1 atom stereocenters. The molecule has 0 spiro atoms. The van der Waals surface area contributed by atoms with E-state index in [-0.39, 0.29) is 12.2 Å². The number of rotatable bonds is 8. The normalized spacial score (nSPS) is 12.8. The Morgan fingerprint density at radius 3 is 2.25 bits per heavy atom. The van der Waals surface area contributed by atoms with Crippen LogP contribution in [-0.2, 0) is 22.1 Å². The average Bonchev–Trinajstić information content (AvgIpc) is 2.68. The van der Waals surface area contributed by atoms with Crippen molar-refractivity contribution in [1.29, 1.82) is 0 Å². The predicted octanol–water partition coefficient (Wildman–Crippen LogP) is 4.93. The van der Waals surface area contributed by atoms with Gasteiger partial charge in [0.2, 0.25) is 0 Å². The van der Waals surface area contributed by atoms with Crippen LogP contribution in [0.5, 0.6) is 5.75 Å². The van der Waals surface area contributed by atoms with Gasteiger partial charge in [-0.25, -0.2) is 9.18 Å². The van der Waals surface area contributed by atoms with Gasteiger partial charge in [0.05, 0.1) is 12.2 Å². The van der Waals surface area contributed by atoms with Gasteiger partial charge >= 0.3 is 12.1 Å². The van der Waals surface area contributed by atoms with E-state index in [1.54, 1.807) is 52.0 Å². The summed E-state index contributed by atoms with van der Waals surface area (Å²) in [6.07, 6.45) is -4.50. The van der Waals surface area contributed by atoms with Crippen molar-refractivity contribution in [2.24, 2.45) is 0 Å². The third kappa shape index (κ3) is 6.70. The average molecular weight is 455 g/mol. The summed E-state index contributed by atoms with van der Waals surface area (Å²) in [5.74, 6) is -2.21. The number of amides is 1. The van der Waals surface area contributed by atoms with Crippen molar-refractivity contribution in [3.8, 4) is 5.75 Å². The van der Waals surface area contributed by atoms with Crippen LogP contribution in [0.15, 0.2) is 42.5 Å². The number of benzene rings is 2. The minimum Gasteiger partial charge on any atom is -0.476 e. The lowest BCUT2D eigenvalue weighted by atomic mass is 10.1. The molecule has 0 bridgehead atoms. The first-order chi connectivity index (χ1) is 14.8. The van der Waals surface area contributed by atoms with Crippen LogP contribution in [-0.4, -0.2) is 30.1 Å². The Bertz CT molecular complexity index is 955. The minimum absolute atomic E-state index is 0.240. The highest BCUT2D eigenvalue weighted by atomic mass is 19.4. The molecule has 0 aliphatic carbocycles. The number of hydrogen-bond donors (Lipinski definition) is 1. The van der Waals surface area contributed by atoms with E-state index in [2.05, 4.69) is 5.32 Å². The molecule has 0 aliphatic heterocycles. The zero-order chi connectivity index (χ0) is 24.1. The minimum atomic E-state index is -4.89. The van der Waals surface area contributed by atoms with Crippen LogP contribution in [0.4, 0.5) is 17.6 Å². The second-order valence-electron chi connectivity index (χ2n) is 7.75. The van der Waals surface area contributed by atoms with E-state index in [1.165, 1.54) is 0 Å². The third-order valence-electron chi connectivity index (χ3n) is 4.52. The van der Waals surface area contributed by atoms with Crippen LogP contribution in [0.25, 0.3) is 0 Å². The number of nitrogens with one attached hydrogen (secondary N) is 1. The van der Waals surface area contributed by atoms with Gasteiger partial charge in [-0.3, -0.25) is 4.79 Å². The van der Waals surface area contributed by atoms with Crippen LogP contribution >= 0.6 is 0 Å². The highest BCUT2D eigenvalue weighted by Gasteiger charge is 2.35. The van der Waals surface area contributed by atoms with E-state index in [0.29, 0.717) is 24.3 Å². The summed E-state index contributed by atoms with van der Waals surface area (Å²) < 4.78 is 62.6. The first-order valence-electron chi connectivity index (χ1n) is 9.96.